The number of nitrogens with zero attached hydrogens (tertiary/aromatic N) is 1. The Morgan fingerprint density at radius 3 is 2.79 bits per heavy atom. The third-order valence-corrected chi connectivity index (χ3v) is 5.05. The highest BCUT2D eigenvalue weighted by atomic mass is 35.5. The molecular formula is C11H14ClN3O3S. The molecule has 1 saturated heterocycles. The van der Waals surface area contributed by atoms with Gasteiger partial charge >= 0.3 is 0 Å². The van der Waals surface area contributed by atoms with Crippen molar-refractivity contribution in [1.29, 1.82) is 0 Å². The highest BCUT2D eigenvalue weighted by molar-refractivity contribution is 7.89. The number of nitrogens with two attached hydrogens (primary N) is 1. The molecule has 1 fully saturated rings. The van der Waals surface area contributed by atoms with Crippen molar-refractivity contribution in [2.24, 2.45) is 0 Å². The molecule has 6 nitrogen and oxygen atoms in total. The molecule has 8 heteroatoms. The SMILES string of the molecule is Nc1ccc(Cl)cc1S(=O)(=O)N1CCNC(=O)CC1. The fourth-order valence-electron chi connectivity index (χ4n) is 1.86. The Hall–Kier alpha value is -1.31. The van der Waals surface area contributed by atoms with Gasteiger partial charge in [0, 0.05) is 31.1 Å². The topological polar surface area (TPSA) is 92.5 Å². The largest absolute Gasteiger partial charge is 0.398 e. The number of nitrogen functional groups attached to an aromatic ring is 1. The molecular weight excluding hydrogens is 290 g/mol. The lowest BCUT2D eigenvalue weighted by Crippen LogP contribution is -2.34. The first-order chi connectivity index (χ1) is 8.91. The molecule has 1 amide bonds. The van der Waals surface area contributed by atoms with Crippen LogP contribution in [0.5, 0.6) is 0 Å². The number of carbonyl (C=O) groups excluding carboxylic acids is 1. The molecule has 0 bridgehead atoms. The first-order valence-corrected chi connectivity index (χ1v) is 7.55. The number of carbonyl (C=O) groups is 1. The van der Waals surface area contributed by atoms with Crippen molar-refractivity contribution in [1.82, 2.24) is 9.62 Å². The molecule has 2 rings (SSSR count). The maximum atomic E-state index is 12.5. The molecule has 1 aromatic rings. The number of halogens is 1. The maximum absolute atomic E-state index is 12.5. The molecule has 0 atom stereocenters. The normalized spacial score (nSPS) is 17.8. The minimum absolute atomic E-state index is 0.0191. The quantitative estimate of drug-likeness (QED) is 0.775. The Bertz CT molecular complexity index is 603. The van der Waals surface area contributed by atoms with Gasteiger partial charge < -0.3 is 11.1 Å². The minimum atomic E-state index is -3.73. The molecule has 19 heavy (non-hydrogen) atoms. The van der Waals surface area contributed by atoms with E-state index in [4.69, 9.17) is 17.3 Å². The standard InChI is InChI=1S/C11H14ClN3O3S/c12-8-1-2-9(13)10(7-8)19(17,18)15-5-3-11(16)14-4-6-15/h1-2,7H,3-6,13H2,(H,14,16). The van der Waals surface area contributed by atoms with E-state index in [1.54, 1.807) is 0 Å². The number of sulfonamides is 1. The molecule has 1 aliphatic heterocycles. The van der Waals surface area contributed by atoms with Gasteiger partial charge in [-0.1, -0.05) is 11.6 Å². The molecule has 104 valence electrons. The number of benzene rings is 1. The highest BCUT2D eigenvalue weighted by Gasteiger charge is 2.28. The third-order valence-electron chi connectivity index (χ3n) is 2.87. The molecule has 0 unspecified atom stereocenters. The van der Waals surface area contributed by atoms with Crippen molar-refractivity contribution in [3.63, 3.8) is 0 Å². The zero-order chi connectivity index (χ0) is 14.0. The zero-order valence-corrected chi connectivity index (χ0v) is 11.7. The lowest BCUT2D eigenvalue weighted by Gasteiger charge is -2.20. The van der Waals surface area contributed by atoms with Gasteiger partial charge in [-0.15, -0.1) is 0 Å². The molecule has 1 aromatic carbocycles. The van der Waals surface area contributed by atoms with Crippen LogP contribution in [0.2, 0.25) is 5.02 Å². The van der Waals surface area contributed by atoms with E-state index < -0.39 is 10.0 Å². The molecule has 3 N–H and O–H groups in total. The van der Waals surface area contributed by atoms with Gasteiger partial charge in [0.1, 0.15) is 4.90 Å². The van der Waals surface area contributed by atoms with Crippen molar-refractivity contribution in [3.8, 4) is 0 Å². The number of hydrogen-bond donors (Lipinski definition) is 2. The zero-order valence-electron chi connectivity index (χ0n) is 10.1. The molecule has 0 radical (unpaired) electrons. The van der Waals surface area contributed by atoms with Gasteiger partial charge in [-0.2, -0.15) is 4.31 Å². The summed E-state index contributed by atoms with van der Waals surface area (Å²) in [6.45, 7) is 0.651. The number of nitrogens with one attached hydrogen (secondary N) is 1. The smallest absolute Gasteiger partial charge is 0.245 e. The second-order valence-electron chi connectivity index (χ2n) is 4.19. The van der Waals surface area contributed by atoms with Crippen LogP contribution in [0.1, 0.15) is 6.42 Å². The van der Waals surface area contributed by atoms with Crippen LogP contribution in [0.4, 0.5) is 5.69 Å². The Morgan fingerprint density at radius 1 is 1.32 bits per heavy atom. The van der Waals surface area contributed by atoms with Crippen LogP contribution in [0.15, 0.2) is 23.1 Å². The maximum Gasteiger partial charge on any atom is 0.245 e. The predicted molar refractivity (Wildman–Crippen MR) is 72.2 cm³/mol. The van der Waals surface area contributed by atoms with Crippen molar-refractivity contribution in [2.75, 3.05) is 25.4 Å². The third kappa shape index (κ3) is 2.99. The van der Waals surface area contributed by atoms with E-state index in [-0.39, 0.29) is 36.0 Å². The van der Waals surface area contributed by atoms with E-state index in [2.05, 4.69) is 5.32 Å². The van der Waals surface area contributed by atoms with E-state index in [9.17, 15) is 13.2 Å². The molecule has 0 aromatic heterocycles. The summed E-state index contributed by atoms with van der Waals surface area (Å²) in [5, 5.41) is 2.92. The molecule has 0 aliphatic carbocycles. The van der Waals surface area contributed by atoms with E-state index in [1.807, 2.05) is 0 Å². The second-order valence-corrected chi connectivity index (χ2v) is 6.53. The van der Waals surface area contributed by atoms with E-state index in [0.29, 0.717) is 11.6 Å². The van der Waals surface area contributed by atoms with Crippen LogP contribution >= 0.6 is 11.6 Å². The van der Waals surface area contributed by atoms with Crippen molar-refractivity contribution in [3.05, 3.63) is 23.2 Å². The number of rotatable bonds is 2. The molecule has 0 saturated carbocycles. The van der Waals surface area contributed by atoms with Crippen LogP contribution < -0.4 is 11.1 Å². The van der Waals surface area contributed by atoms with E-state index in [1.165, 1.54) is 22.5 Å². The van der Waals surface area contributed by atoms with Gasteiger partial charge in [0.05, 0.1) is 5.69 Å². The van der Waals surface area contributed by atoms with Crippen LogP contribution in [-0.2, 0) is 14.8 Å². The van der Waals surface area contributed by atoms with Crippen LogP contribution in [0, 0.1) is 0 Å². The Morgan fingerprint density at radius 2 is 2.05 bits per heavy atom. The van der Waals surface area contributed by atoms with Crippen molar-refractivity contribution < 1.29 is 13.2 Å². The Labute approximate surface area is 116 Å². The summed E-state index contributed by atoms with van der Waals surface area (Å²) in [6.07, 6.45) is 0.139. The van der Waals surface area contributed by atoms with Crippen LogP contribution in [0.25, 0.3) is 0 Å². The van der Waals surface area contributed by atoms with E-state index >= 15 is 0 Å². The molecule has 1 heterocycles. The second kappa shape index (κ2) is 5.36. The summed E-state index contributed by atoms with van der Waals surface area (Å²) in [5.74, 6) is -0.156. The Balaban J connectivity index is 2.36. The monoisotopic (exact) mass is 303 g/mol. The molecule has 0 spiro atoms. The summed E-state index contributed by atoms with van der Waals surface area (Å²) in [6, 6.07) is 4.31. The predicted octanol–water partition coefficient (Wildman–Crippen LogP) is 0.433. The average Bonchev–Trinajstić information content (AvgIpc) is 2.57. The molecule has 1 aliphatic rings. The first-order valence-electron chi connectivity index (χ1n) is 5.73. The summed E-state index contributed by atoms with van der Waals surface area (Å²) in [5.41, 5.74) is 5.85. The van der Waals surface area contributed by atoms with Gasteiger partial charge in [0.2, 0.25) is 15.9 Å². The van der Waals surface area contributed by atoms with Gasteiger partial charge in [-0.25, -0.2) is 8.42 Å². The number of anilines is 1. The van der Waals surface area contributed by atoms with Crippen LogP contribution in [0.3, 0.4) is 0 Å². The number of hydrogen-bond acceptors (Lipinski definition) is 4. The Kier molecular flexibility index (Phi) is 3.98. The van der Waals surface area contributed by atoms with Crippen molar-refractivity contribution in [2.45, 2.75) is 11.3 Å². The lowest BCUT2D eigenvalue weighted by molar-refractivity contribution is -0.120. The van der Waals surface area contributed by atoms with Gasteiger partial charge in [0.25, 0.3) is 0 Å². The van der Waals surface area contributed by atoms with E-state index in [0.717, 1.165) is 0 Å². The average molecular weight is 304 g/mol. The fraction of sp³-hybridized carbons (Fsp3) is 0.364. The van der Waals surface area contributed by atoms with Crippen LogP contribution in [-0.4, -0.2) is 38.3 Å². The minimum Gasteiger partial charge on any atom is -0.398 e. The van der Waals surface area contributed by atoms with Gasteiger partial charge in [0.15, 0.2) is 0 Å². The van der Waals surface area contributed by atoms with Gasteiger partial charge in [-0.05, 0) is 18.2 Å². The summed E-state index contributed by atoms with van der Waals surface area (Å²) in [4.78, 5) is 11.2. The lowest BCUT2D eigenvalue weighted by atomic mass is 10.3. The van der Waals surface area contributed by atoms with Gasteiger partial charge in [-0.3, -0.25) is 4.79 Å². The highest BCUT2D eigenvalue weighted by Crippen LogP contribution is 2.26. The fourth-order valence-corrected chi connectivity index (χ4v) is 3.68. The first kappa shape index (κ1) is 14.1. The summed E-state index contributed by atoms with van der Waals surface area (Å²) in [7, 11) is -3.73. The summed E-state index contributed by atoms with van der Waals surface area (Å²) >= 11 is 5.81. The summed E-state index contributed by atoms with van der Waals surface area (Å²) < 4.78 is 26.2. The number of amides is 1. The van der Waals surface area contributed by atoms with Crippen molar-refractivity contribution >= 4 is 33.2 Å².